The normalized spacial score (nSPS) is 13.5. The Bertz CT molecular complexity index is 223. The third kappa shape index (κ3) is 8.64. The van der Waals surface area contributed by atoms with Crippen LogP contribution in [0.2, 0.25) is 0 Å². The van der Waals surface area contributed by atoms with Gasteiger partial charge in [-0.1, -0.05) is 0 Å². The standard InChI is InChI=1S/C5H11NS2Te.C3H6N2S/c1-3-6(9)5(7)8-4-2;6-3-4-1-2-5-3/h9H,3-4H2,1-2H3;1-2H2,(H2,4,5,6). The second-order valence-corrected chi connectivity index (χ2v) is 6.25. The number of nitrogens with one attached hydrogen (secondary N) is 1. The van der Waals surface area contributed by atoms with Crippen molar-refractivity contribution in [2.75, 3.05) is 25.4 Å². The molecule has 0 radical (unpaired) electrons. The minimum atomic E-state index is 0.773. The number of thiocarbonyl (C=S) groups is 1. The van der Waals surface area contributed by atoms with Crippen molar-refractivity contribution in [3.05, 3.63) is 0 Å². The summed E-state index contributed by atoms with van der Waals surface area (Å²) in [6.07, 6.45) is 0. The van der Waals surface area contributed by atoms with Crippen molar-refractivity contribution < 1.29 is 0 Å². The summed E-state index contributed by atoms with van der Waals surface area (Å²) in [4.78, 5) is 3.91. The van der Waals surface area contributed by atoms with Gasteiger partial charge in [0.1, 0.15) is 0 Å². The van der Waals surface area contributed by atoms with E-state index in [0.717, 1.165) is 34.9 Å². The molecule has 1 heterocycles. The van der Waals surface area contributed by atoms with Gasteiger partial charge in [0.25, 0.3) is 0 Å². The van der Waals surface area contributed by atoms with E-state index in [1.165, 1.54) is 0 Å². The van der Waals surface area contributed by atoms with Gasteiger partial charge >= 0.3 is 80.2 Å². The molecule has 0 saturated carbocycles. The van der Waals surface area contributed by atoms with Crippen LogP contribution in [0.5, 0.6) is 0 Å². The topological polar surface area (TPSA) is 27.6 Å². The zero-order valence-electron chi connectivity index (χ0n) is 8.93. The van der Waals surface area contributed by atoms with E-state index in [2.05, 4.69) is 39.9 Å². The largest absolute Gasteiger partial charge is 0.363 e. The van der Waals surface area contributed by atoms with Crippen LogP contribution < -0.4 is 5.32 Å². The molecule has 0 amide bonds. The van der Waals surface area contributed by atoms with Crippen LogP contribution >= 0.6 is 36.6 Å². The van der Waals surface area contributed by atoms with E-state index >= 15 is 0 Å². The summed E-state index contributed by atoms with van der Waals surface area (Å²) in [5.74, 6) is 1.08. The van der Waals surface area contributed by atoms with Gasteiger partial charge in [-0.25, -0.2) is 0 Å². The van der Waals surface area contributed by atoms with Crippen LogP contribution in [0.3, 0.4) is 0 Å². The second kappa shape index (κ2) is 10.0. The summed E-state index contributed by atoms with van der Waals surface area (Å²) in [7, 11) is 0. The quantitative estimate of drug-likeness (QED) is 0.426. The first kappa shape index (κ1) is 15.8. The van der Waals surface area contributed by atoms with Gasteiger partial charge in [0.05, 0.1) is 6.54 Å². The van der Waals surface area contributed by atoms with E-state index in [1.807, 2.05) is 0 Å². The molecule has 1 rings (SSSR count). The van der Waals surface area contributed by atoms with Crippen LogP contribution in [0.15, 0.2) is 4.99 Å². The van der Waals surface area contributed by atoms with Crippen LogP contribution in [0.25, 0.3) is 0 Å². The Morgan fingerprint density at radius 2 is 2.40 bits per heavy atom. The molecule has 0 aliphatic carbocycles. The summed E-state index contributed by atoms with van der Waals surface area (Å²) in [5, 5.41) is 3.71. The van der Waals surface area contributed by atoms with E-state index in [9.17, 15) is 0 Å². The predicted molar refractivity (Wildman–Crippen MR) is 79.5 cm³/mol. The summed E-state index contributed by atoms with van der Waals surface area (Å²) in [5.41, 5.74) is 0. The molecule has 0 atom stereocenters. The molecule has 0 aromatic carbocycles. The first-order valence-corrected chi connectivity index (χ1v) is 7.70. The Labute approximate surface area is 121 Å². The van der Waals surface area contributed by atoms with Crippen molar-refractivity contribution in [2.24, 2.45) is 4.99 Å². The number of rotatable bonds is 2. The number of nitrogens with zero attached hydrogens (tertiary/aromatic N) is 2. The van der Waals surface area contributed by atoms with Gasteiger partial charge in [0, 0.05) is 6.54 Å². The van der Waals surface area contributed by atoms with Crippen molar-refractivity contribution in [1.29, 1.82) is 0 Å². The molecule has 1 aliphatic heterocycles. The fourth-order valence-electron chi connectivity index (χ4n) is 0.712. The molecular weight excluding hydrogens is 362 g/mol. The SMILES string of the molecule is CCSC(=S)N([TeH])CC.SC1=NCCN1. The van der Waals surface area contributed by atoms with Gasteiger partial charge in [-0.05, 0) is 0 Å². The maximum Gasteiger partial charge on any atom is 0.153 e. The van der Waals surface area contributed by atoms with Crippen molar-refractivity contribution in [1.82, 2.24) is 8.47 Å². The molecule has 0 fully saturated rings. The third-order valence-electron chi connectivity index (χ3n) is 1.43. The maximum absolute atomic E-state index is 5.08. The van der Waals surface area contributed by atoms with E-state index in [0.29, 0.717) is 0 Å². The van der Waals surface area contributed by atoms with E-state index < -0.39 is 0 Å². The monoisotopic (exact) mass is 381 g/mol. The van der Waals surface area contributed by atoms with Gasteiger partial charge in [-0.15, -0.1) is 12.6 Å². The first-order chi connectivity index (χ1) is 7.11. The Balaban J connectivity index is 0.000000280. The number of thioether (sulfide) groups is 1. The van der Waals surface area contributed by atoms with Crippen LogP contribution in [0.4, 0.5) is 0 Å². The fraction of sp³-hybridized carbons (Fsp3) is 0.750. The second-order valence-electron chi connectivity index (χ2n) is 2.55. The van der Waals surface area contributed by atoms with Gasteiger partial charge in [-0.2, -0.15) is 0 Å². The summed E-state index contributed by atoms with van der Waals surface area (Å²) in [6.45, 7) is 7.10. The Morgan fingerprint density at radius 3 is 2.67 bits per heavy atom. The average molecular weight is 379 g/mol. The molecule has 15 heavy (non-hydrogen) atoms. The summed E-state index contributed by atoms with van der Waals surface area (Å²) >= 11 is 12.4. The van der Waals surface area contributed by atoms with Crippen LogP contribution in [-0.4, -0.2) is 60.6 Å². The van der Waals surface area contributed by atoms with Gasteiger partial charge in [0.15, 0.2) is 5.17 Å². The van der Waals surface area contributed by atoms with Crippen LogP contribution in [0.1, 0.15) is 13.8 Å². The number of hydrogen-bond acceptors (Lipinski definition) is 4. The first-order valence-electron chi connectivity index (χ1n) is 4.72. The Morgan fingerprint density at radius 1 is 1.73 bits per heavy atom. The summed E-state index contributed by atoms with van der Waals surface area (Å²) in [6, 6.07) is 0. The third-order valence-corrected chi connectivity index (χ3v) is 5.25. The Hall–Kier alpha value is 0.850. The molecular formula is C8H17N3S3Te. The average Bonchev–Trinajstić information content (AvgIpc) is 2.69. The van der Waals surface area contributed by atoms with Crippen LogP contribution in [0, 0.1) is 0 Å². The molecule has 0 spiro atoms. The van der Waals surface area contributed by atoms with Crippen molar-refractivity contribution in [2.45, 2.75) is 13.8 Å². The molecule has 88 valence electrons. The zero-order valence-corrected chi connectivity index (χ0v) is 14.0. The Kier molecular flexibility index (Phi) is 10.6. The van der Waals surface area contributed by atoms with Crippen LogP contribution in [-0.2, 0) is 0 Å². The van der Waals surface area contributed by atoms with E-state index in [4.69, 9.17) is 12.2 Å². The molecule has 3 nitrogen and oxygen atoms in total. The smallest absolute Gasteiger partial charge is 0.153 e. The minimum Gasteiger partial charge on any atom is -0.363 e. The number of aliphatic imine (C=N–C) groups is 1. The molecule has 1 N–H and O–H groups in total. The van der Waals surface area contributed by atoms with Crippen molar-refractivity contribution in [3.8, 4) is 0 Å². The van der Waals surface area contributed by atoms with Crippen molar-refractivity contribution in [3.63, 3.8) is 0 Å². The minimum absolute atomic E-state index is 0.773. The molecule has 0 bridgehead atoms. The molecule has 0 saturated heterocycles. The molecule has 0 unspecified atom stereocenters. The molecule has 7 heteroatoms. The maximum atomic E-state index is 5.08. The number of amidine groups is 1. The number of thiol groups is 1. The summed E-state index contributed by atoms with van der Waals surface area (Å²) < 4.78 is 3.15. The van der Waals surface area contributed by atoms with E-state index in [-0.39, 0.29) is 0 Å². The predicted octanol–water partition coefficient (Wildman–Crippen LogP) is 1.04. The molecule has 1 aliphatic rings. The number of hydrogen-bond donors (Lipinski definition) is 2. The molecule has 0 aromatic rings. The van der Waals surface area contributed by atoms with Gasteiger partial charge < -0.3 is 5.32 Å². The van der Waals surface area contributed by atoms with Crippen molar-refractivity contribution >= 4 is 68.7 Å². The fourth-order valence-corrected chi connectivity index (χ4v) is 2.43. The van der Waals surface area contributed by atoms with Gasteiger partial charge in [-0.3, -0.25) is 4.99 Å². The van der Waals surface area contributed by atoms with Gasteiger partial charge in [0.2, 0.25) is 0 Å². The van der Waals surface area contributed by atoms with E-state index in [1.54, 1.807) is 34.3 Å². The molecule has 0 aromatic heterocycles. The zero-order chi connectivity index (χ0) is 11.7.